The molecular weight excluding hydrogens is 372 g/mol. The summed E-state index contributed by atoms with van der Waals surface area (Å²) in [6, 6.07) is 7.33. The molecule has 1 amide bonds. The number of carboxylic acid groups (broad SMARTS) is 1. The topological polar surface area (TPSA) is 112 Å². The van der Waals surface area contributed by atoms with Crippen LogP contribution in [0.4, 0.5) is 10.5 Å². The third-order valence-electron chi connectivity index (χ3n) is 5.52. The van der Waals surface area contributed by atoms with Crippen molar-refractivity contribution in [2.24, 2.45) is 5.41 Å². The van der Waals surface area contributed by atoms with Gasteiger partial charge in [-0.15, -0.1) is 6.58 Å². The number of oxazole rings is 1. The summed E-state index contributed by atoms with van der Waals surface area (Å²) < 4.78 is 6.80. The standard InChI is InChI=1S/C21H26N4O4/c1-5-9-24-15-7-6-14(11-16(15)29-19(24)28)23-21(13-22)8-10-25(18(26)27)17(12-21)20(2,3)4/h5-7,11,17,23H,1,8-10,12H2,2-4H3,(H,26,27). The Balaban J connectivity index is 1.93. The highest BCUT2D eigenvalue weighted by molar-refractivity contribution is 5.78. The van der Waals surface area contributed by atoms with Crippen molar-refractivity contribution in [3.63, 3.8) is 0 Å². The van der Waals surface area contributed by atoms with Gasteiger partial charge < -0.3 is 19.7 Å². The van der Waals surface area contributed by atoms with E-state index in [4.69, 9.17) is 4.42 Å². The second kappa shape index (κ2) is 7.32. The van der Waals surface area contributed by atoms with E-state index in [2.05, 4.69) is 18.0 Å². The van der Waals surface area contributed by atoms with Gasteiger partial charge in [-0.05, 0) is 17.5 Å². The summed E-state index contributed by atoms with van der Waals surface area (Å²) in [5.74, 6) is -0.463. The van der Waals surface area contributed by atoms with Gasteiger partial charge in [0.1, 0.15) is 5.54 Å². The summed E-state index contributed by atoms with van der Waals surface area (Å²) in [7, 11) is 0. The van der Waals surface area contributed by atoms with Crippen LogP contribution in [0.2, 0.25) is 0 Å². The highest BCUT2D eigenvalue weighted by atomic mass is 16.4. The van der Waals surface area contributed by atoms with E-state index in [1.165, 1.54) is 9.47 Å². The highest BCUT2D eigenvalue weighted by Gasteiger charge is 2.46. The van der Waals surface area contributed by atoms with Gasteiger partial charge in [0.15, 0.2) is 5.58 Å². The lowest BCUT2D eigenvalue weighted by Crippen LogP contribution is -2.58. The minimum absolute atomic E-state index is 0.269. The monoisotopic (exact) mass is 398 g/mol. The number of allylic oxidation sites excluding steroid dienone is 1. The van der Waals surface area contributed by atoms with Crippen molar-refractivity contribution in [1.29, 1.82) is 5.26 Å². The lowest BCUT2D eigenvalue weighted by Gasteiger charge is -2.47. The summed E-state index contributed by atoms with van der Waals surface area (Å²) in [5.41, 5.74) is 0.489. The predicted octanol–water partition coefficient (Wildman–Crippen LogP) is 3.64. The SMILES string of the molecule is C=CCn1c(=O)oc2cc(NC3(C#N)CCN(C(=O)O)C(C(C)(C)C)C3)ccc21. The number of aromatic nitrogens is 1. The zero-order valence-corrected chi connectivity index (χ0v) is 16.9. The number of hydrogen-bond acceptors (Lipinski definition) is 5. The van der Waals surface area contributed by atoms with Crippen LogP contribution >= 0.6 is 0 Å². The minimum atomic E-state index is -0.969. The summed E-state index contributed by atoms with van der Waals surface area (Å²) >= 11 is 0. The van der Waals surface area contributed by atoms with Crippen molar-refractivity contribution in [2.75, 3.05) is 11.9 Å². The first kappa shape index (κ1) is 20.5. The fourth-order valence-corrected chi connectivity index (χ4v) is 3.98. The van der Waals surface area contributed by atoms with Crippen molar-refractivity contribution in [3.05, 3.63) is 41.4 Å². The largest absolute Gasteiger partial charge is 0.465 e. The quantitative estimate of drug-likeness (QED) is 0.761. The normalized spacial score (nSPS) is 22.3. The maximum absolute atomic E-state index is 12.0. The lowest BCUT2D eigenvalue weighted by molar-refractivity contribution is 0.0464. The Morgan fingerprint density at radius 1 is 1.52 bits per heavy atom. The van der Waals surface area contributed by atoms with Crippen LogP contribution in [0.5, 0.6) is 0 Å². The molecule has 0 saturated carbocycles. The number of benzene rings is 1. The summed E-state index contributed by atoms with van der Waals surface area (Å²) in [6.45, 7) is 10.2. The van der Waals surface area contributed by atoms with E-state index in [-0.39, 0.29) is 18.0 Å². The fourth-order valence-electron chi connectivity index (χ4n) is 3.98. The molecule has 0 bridgehead atoms. The molecule has 1 aliphatic heterocycles. The van der Waals surface area contributed by atoms with E-state index in [0.29, 0.717) is 36.2 Å². The van der Waals surface area contributed by atoms with Gasteiger partial charge in [0.25, 0.3) is 0 Å². The number of likely N-dealkylation sites (tertiary alicyclic amines) is 1. The van der Waals surface area contributed by atoms with Gasteiger partial charge in [0, 0.05) is 43.7 Å². The lowest BCUT2D eigenvalue weighted by atomic mass is 9.74. The van der Waals surface area contributed by atoms with Crippen LogP contribution < -0.4 is 11.1 Å². The van der Waals surface area contributed by atoms with Gasteiger partial charge in [-0.25, -0.2) is 9.59 Å². The maximum Gasteiger partial charge on any atom is 0.420 e. The van der Waals surface area contributed by atoms with Crippen molar-refractivity contribution >= 4 is 22.9 Å². The molecule has 0 spiro atoms. The number of piperidine rings is 1. The van der Waals surface area contributed by atoms with Gasteiger partial charge in [0.2, 0.25) is 0 Å². The average Bonchev–Trinajstić information content (AvgIpc) is 2.96. The molecule has 2 N–H and O–H groups in total. The van der Waals surface area contributed by atoms with Gasteiger partial charge in [0.05, 0.1) is 11.6 Å². The molecule has 2 atom stereocenters. The van der Waals surface area contributed by atoms with Crippen molar-refractivity contribution in [3.8, 4) is 6.07 Å². The van der Waals surface area contributed by atoms with Crippen LogP contribution in [0.25, 0.3) is 11.1 Å². The number of anilines is 1. The molecule has 2 unspecified atom stereocenters. The number of amides is 1. The number of rotatable bonds is 4. The molecule has 0 aliphatic carbocycles. The molecule has 154 valence electrons. The first-order valence-corrected chi connectivity index (χ1v) is 9.53. The number of carbonyl (C=O) groups is 1. The van der Waals surface area contributed by atoms with Crippen molar-refractivity contribution in [1.82, 2.24) is 9.47 Å². The van der Waals surface area contributed by atoms with Crippen LogP contribution in [0, 0.1) is 16.7 Å². The van der Waals surface area contributed by atoms with E-state index in [1.54, 1.807) is 24.3 Å². The highest BCUT2D eigenvalue weighted by Crippen LogP contribution is 2.38. The first-order valence-electron chi connectivity index (χ1n) is 9.53. The first-order chi connectivity index (χ1) is 13.6. The van der Waals surface area contributed by atoms with E-state index >= 15 is 0 Å². The van der Waals surface area contributed by atoms with Crippen LogP contribution in [0.3, 0.4) is 0 Å². The molecule has 1 aromatic carbocycles. The molecule has 1 saturated heterocycles. The van der Waals surface area contributed by atoms with Crippen molar-refractivity contribution in [2.45, 2.75) is 51.7 Å². The second-order valence-corrected chi connectivity index (χ2v) is 8.58. The Morgan fingerprint density at radius 3 is 2.83 bits per heavy atom. The van der Waals surface area contributed by atoms with Crippen molar-refractivity contribution < 1.29 is 14.3 Å². The number of nitriles is 1. The molecule has 3 rings (SSSR count). The predicted molar refractivity (Wildman–Crippen MR) is 110 cm³/mol. The number of nitrogens with one attached hydrogen (secondary N) is 1. The molecule has 2 aromatic rings. The second-order valence-electron chi connectivity index (χ2n) is 8.58. The van der Waals surface area contributed by atoms with Gasteiger partial charge in [-0.2, -0.15) is 5.26 Å². The van der Waals surface area contributed by atoms with Crippen LogP contribution in [0.15, 0.2) is 40.1 Å². The van der Waals surface area contributed by atoms with E-state index in [1.807, 2.05) is 20.8 Å². The van der Waals surface area contributed by atoms with Crippen LogP contribution in [-0.2, 0) is 6.54 Å². The third kappa shape index (κ3) is 3.86. The number of nitrogens with zero attached hydrogens (tertiary/aromatic N) is 3. The zero-order chi connectivity index (χ0) is 21.4. The molecular formula is C21H26N4O4. The third-order valence-corrected chi connectivity index (χ3v) is 5.52. The summed E-state index contributed by atoms with van der Waals surface area (Å²) in [4.78, 5) is 25.1. The minimum Gasteiger partial charge on any atom is -0.465 e. The van der Waals surface area contributed by atoms with Crippen LogP contribution in [-0.4, -0.2) is 38.8 Å². The fraction of sp³-hybridized carbons (Fsp3) is 0.476. The zero-order valence-electron chi connectivity index (χ0n) is 16.9. The number of hydrogen-bond donors (Lipinski definition) is 2. The van der Waals surface area contributed by atoms with E-state index in [0.717, 1.165) is 0 Å². The Kier molecular flexibility index (Phi) is 5.18. The Bertz CT molecular complexity index is 1040. The Labute approximate surface area is 169 Å². The number of fused-ring (bicyclic) bond motifs is 1. The molecule has 1 fully saturated rings. The summed E-state index contributed by atoms with van der Waals surface area (Å²) in [5, 5.41) is 22.8. The molecule has 8 heteroatoms. The molecule has 2 heterocycles. The average molecular weight is 398 g/mol. The van der Waals surface area contributed by atoms with Gasteiger partial charge in [-0.1, -0.05) is 26.8 Å². The van der Waals surface area contributed by atoms with E-state index in [9.17, 15) is 20.0 Å². The molecule has 0 radical (unpaired) electrons. The molecule has 8 nitrogen and oxygen atoms in total. The van der Waals surface area contributed by atoms with Crippen LogP contribution in [0.1, 0.15) is 33.6 Å². The molecule has 1 aromatic heterocycles. The Morgan fingerprint density at radius 2 is 2.24 bits per heavy atom. The van der Waals surface area contributed by atoms with E-state index < -0.39 is 17.4 Å². The van der Waals surface area contributed by atoms with Gasteiger partial charge >= 0.3 is 11.8 Å². The Hall–Kier alpha value is -3.21. The molecule has 1 aliphatic rings. The van der Waals surface area contributed by atoms with Gasteiger partial charge in [-0.3, -0.25) is 4.57 Å². The summed E-state index contributed by atoms with van der Waals surface area (Å²) in [6.07, 6.45) is 1.37. The maximum atomic E-state index is 12.0. The molecule has 29 heavy (non-hydrogen) atoms. The smallest absolute Gasteiger partial charge is 0.420 e.